The van der Waals surface area contributed by atoms with Crippen LogP contribution in [0.1, 0.15) is 149 Å². The summed E-state index contributed by atoms with van der Waals surface area (Å²) in [4.78, 5) is 0. The standard InChI is InChI=1S/C23H45N.C8H19N.2C2H6.CH3Cl/c1-16(2)18(5)14-23(22-12-10-9-11-13-22)15-19(6)21(8)24-20(7)17(3)4;1-4-8(5-2)7-9-6-3;3*1-2/h10,12,16-24H,9,11,13-15H2,1-8H3;8-9H,4-7H2,1-3H3;2*1-2H3;1H3. The molecule has 6 atom stereocenters. The summed E-state index contributed by atoms with van der Waals surface area (Å²) >= 11 is 4.64. The normalized spacial score (nSPS) is 18.2. The highest BCUT2D eigenvalue weighted by Crippen LogP contribution is 2.36. The third-order valence-corrected chi connectivity index (χ3v) is 8.60. The predicted molar refractivity (Wildman–Crippen MR) is 186 cm³/mol. The second-order valence-electron chi connectivity index (χ2n) is 11.9. The van der Waals surface area contributed by atoms with Crippen LogP contribution in [0.3, 0.4) is 0 Å². The van der Waals surface area contributed by atoms with Crippen molar-refractivity contribution in [1.29, 1.82) is 0 Å². The van der Waals surface area contributed by atoms with Gasteiger partial charge in [-0.05, 0) is 100 Å². The number of hydrogen-bond donors (Lipinski definition) is 2. The van der Waals surface area contributed by atoms with Gasteiger partial charge in [0.2, 0.25) is 0 Å². The van der Waals surface area contributed by atoms with Gasteiger partial charge in [-0.25, -0.2) is 0 Å². The van der Waals surface area contributed by atoms with Gasteiger partial charge in [0.15, 0.2) is 0 Å². The molecule has 240 valence electrons. The van der Waals surface area contributed by atoms with Crippen LogP contribution in [0.25, 0.3) is 0 Å². The molecule has 0 amide bonds. The number of alkyl halides is 1. The van der Waals surface area contributed by atoms with E-state index in [4.69, 9.17) is 0 Å². The van der Waals surface area contributed by atoms with Crippen LogP contribution in [0, 0.1) is 41.4 Å². The molecule has 6 unspecified atom stereocenters. The van der Waals surface area contributed by atoms with E-state index < -0.39 is 0 Å². The molecule has 2 nitrogen and oxygen atoms in total. The Morgan fingerprint density at radius 1 is 0.744 bits per heavy atom. The molecule has 39 heavy (non-hydrogen) atoms. The zero-order valence-corrected chi connectivity index (χ0v) is 30.8. The van der Waals surface area contributed by atoms with Gasteiger partial charge >= 0.3 is 0 Å². The molecular formula is C36H79ClN2. The minimum atomic E-state index is 0.602. The lowest BCUT2D eigenvalue weighted by atomic mass is 9.73. The van der Waals surface area contributed by atoms with E-state index in [-0.39, 0.29) is 0 Å². The zero-order valence-electron chi connectivity index (χ0n) is 30.1. The highest BCUT2D eigenvalue weighted by Gasteiger charge is 2.27. The van der Waals surface area contributed by atoms with Gasteiger partial charge in [0.05, 0.1) is 0 Å². The molecule has 1 aliphatic rings. The summed E-state index contributed by atoms with van der Waals surface area (Å²) in [5.41, 5.74) is 0. The van der Waals surface area contributed by atoms with Crippen molar-refractivity contribution < 1.29 is 0 Å². The molecule has 0 spiro atoms. The first-order valence-corrected chi connectivity index (χ1v) is 17.8. The Morgan fingerprint density at radius 2 is 1.26 bits per heavy atom. The van der Waals surface area contributed by atoms with Gasteiger partial charge in [-0.15, -0.1) is 11.6 Å². The van der Waals surface area contributed by atoms with Crippen molar-refractivity contribution in [3.05, 3.63) is 12.2 Å². The Hall–Kier alpha value is -0.0500. The molecule has 0 bridgehead atoms. The van der Waals surface area contributed by atoms with Crippen LogP contribution in [0.15, 0.2) is 12.2 Å². The summed E-state index contributed by atoms with van der Waals surface area (Å²) in [7, 11) is 0. The molecule has 0 aliphatic heterocycles. The van der Waals surface area contributed by atoms with Gasteiger partial charge in [0.25, 0.3) is 0 Å². The first-order valence-electron chi connectivity index (χ1n) is 17.1. The van der Waals surface area contributed by atoms with Crippen LogP contribution in [0.2, 0.25) is 0 Å². The Morgan fingerprint density at radius 3 is 1.64 bits per heavy atom. The number of allylic oxidation sites excluding steroid dienone is 2. The molecule has 3 heteroatoms. The van der Waals surface area contributed by atoms with Gasteiger partial charge in [-0.2, -0.15) is 0 Å². The van der Waals surface area contributed by atoms with Crippen LogP contribution >= 0.6 is 11.6 Å². The molecular weight excluding hydrogens is 496 g/mol. The summed E-state index contributed by atoms with van der Waals surface area (Å²) in [6, 6.07) is 1.21. The molecule has 0 aromatic heterocycles. The fourth-order valence-electron chi connectivity index (χ4n) is 4.81. The second kappa shape index (κ2) is 32.5. The van der Waals surface area contributed by atoms with E-state index in [0.717, 1.165) is 42.1 Å². The van der Waals surface area contributed by atoms with Crippen molar-refractivity contribution in [3.63, 3.8) is 0 Å². The minimum Gasteiger partial charge on any atom is -0.317 e. The average Bonchev–Trinajstić information content (AvgIpc) is 2.97. The van der Waals surface area contributed by atoms with Crippen molar-refractivity contribution in [2.45, 2.75) is 161 Å². The molecule has 0 heterocycles. The molecule has 0 saturated heterocycles. The number of hydrogen-bond acceptors (Lipinski definition) is 2. The lowest BCUT2D eigenvalue weighted by Gasteiger charge is -2.35. The molecule has 1 aliphatic carbocycles. The third kappa shape index (κ3) is 25.4. The predicted octanol–water partition coefficient (Wildman–Crippen LogP) is 11.6. The third-order valence-electron chi connectivity index (χ3n) is 8.60. The molecule has 2 N–H and O–H groups in total. The SMILES string of the molecule is CC.CC.CC(C)C(C)CC(CC(C)C(C)NC(C)C(C)C)C1C=CCCC1.CCNCC(CC)CC.CCl. The summed E-state index contributed by atoms with van der Waals surface area (Å²) in [6.45, 7) is 36.0. The highest BCUT2D eigenvalue weighted by molar-refractivity contribution is 6.15. The van der Waals surface area contributed by atoms with Crippen LogP contribution in [0.4, 0.5) is 0 Å². The summed E-state index contributed by atoms with van der Waals surface area (Å²) in [5.74, 6) is 5.64. The lowest BCUT2D eigenvalue weighted by molar-refractivity contribution is 0.199. The Balaban J connectivity index is -0.000000341. The lowest BCUT2D eigenvalue weighted by Crippen LogP contribution is -2.42. The van der Waals surface area contributed by atoms with E-state index in [2.05, 4.69) is 111 Å². The average molecular weight is 575 g/mol. The minimum absolute atomic E-state index is 0.602. The van der Waals surface area contributed by atoms with E-state index in [1.807, 2.05) is 27.7 Å². The van der Waals surface area contributed by atoms with Crippen molar-refractivity contribution >= 4 is 11.6 Å². The molecule has 0 fully saturated rings. The zero-order chi connectivity index (χ0) is 31.4. The van der Waals surface area contributed by atoms with Crippen molar-refractivity contribution in [2.75, 3.05) is 19.5 Å². The maximum atomic E-state index is 4.64. The Kier molecular flexibility index (Phi) is 38.2. The second-order valence-corrected chi connectivity index (χ2v) is 11.9. The van der Waals surface area contributed by atoms with Gasteiger partial charge < -0.3 is 10.6 Å². The number of halogens is 1. The van der Waals surface area contributed by atoms with E-state index >= 15 is 0 Å². The topological polar surface area (TPSA) is 24.1 Å². The first-order chi connectivity index (χ1) is 18.6. The van der Waals surface area contributed by atoms with Gasteiger partial charge in [0, 0.05) is 18.5 Å². The summed E-state index contributed by atoms with van der Waals surface area (Å²) in [6.07, 6.45) is 15.9. The maximum Gasteiger partial charge on any atom is 0.0108 e. The van der Waals surface area contributed by atoms with E-state index in [9.17, 15) is 0 Å². The van der Waals surface area contributed by atoms with Gasteiger partial charge in [0.1, 0.15) is 0 Å². The van der Waals surface area contributed by atoms with E-state index in [0.29, 0.717) is 18.0 Å². The largest absolute Gasteiger partial charge is 0.317 e. The smallest absolute Gasteiger partial charge is 0.0108 e. The van der Waals surface area contributed by atoms with Crippen LogP contribution in [-0.4, -0.2) is 31.6 Å². The molecule has 0 aromatic carbocycles. The van der Waals surface area contributed by atoms with Crippen molar-refractivity contribution in [2.24, 2.45) is 41.4 Å². The van der Waals surface area contributed by atoms with E-state index in [1.165, 1.54) is 57.9 Å². The maximum absolute atomic E-state index is 4.64. The molecule has 0 saturated carbocycles. The van der Waals surface area contributed by atoms with Crippen LogP contribution in [0.5, 0.6) is 0 Å². The quantitative estimate of drug-likeness (QED) is 0.150. The van der Waals surface area contributed by atoms with E-state index in [1.54, 1.807) is 0 Å². The number of rotatable bonds is 15. The van der Waals surface area contributed by atoms with Crippen LogP contribution < -0.4 is 10.6 Å². The first kappa shape index (κ1) is 45.9. The van der Waals surface area contributed by atoms with Crippen molar-refractivity contribution in [1.82, 2.24) is 10.6 Å². The number of nitrogens with one attached hydrogen (secondary N) is 2. The Labute approximate surface area is 255 Å². The highest BCUT2D eigenvalue weighted by atomic mass is 35.5. The van der Waals surface area contributed by atoms with Crippen molar-refractivity contribution in [3.8, 4) is 0 Å². The van der Waals surface area contributed by atoms with Crippen LogP contribution in [-0.2, 0) is 0 Å². The summed E-state index contributed by atoms with van der Waals surface area (Å²) in [5, 5.41) is 7.20. The molecule has 1 rings (SSSR count). The fraction of sp³-hybridized carbons (Fsp3) is 0.944. The van der Waals surface area contributed by atoms with Gasteiger partial charge in [-0.1, -0.05) is 115 Å². The Bertz CT molecular complexity index is 473. The van der Waals surface area contributed by atoms with Gasteiger partial charge in [-0.3, -0.25) is 0 Å². The fourth-order valence-corrected chi connectivity index (χ4v) is 4.81. The molecule has 0 radical (unpaired) electrons. The molecule has 0 aromatic rings. The summed E-state index contributed by atoms with van der Waals surface area (Å²) < 4.78 is 0. The monoisotopic (exact) mass is 575 g/mol.